The van der Waals surface area contributed by atoms with Gasteiger partial charge in [-0.1, -0.05) is 11.6 Å². The van der Waals surface area contributed by atoms with Gasteiger partial charge in [-0.15, -0.1) is 0 Å². The number of ether oxygens (including phenoxy) is 1. The summed E-state index contributed by atoms with van der Waals surface area (Å²) in [6.07, 6.45) is 1.98. The van der Waals surface area contributed by atoms with Gasteiger partial charge < -0.3 is 15.8 Å². The minimum absolute atomic E-state index is 0.154. The SMILES string of the molecule is COC1CC(NC(=O)c2ccc(Cl)cc2N)C1. The summed E-state index contributed by atoms with van der Waals surface area (Å²) in [5.74, 6) is -0.154. The topological polar surface area (TPSA) is 64.3 Å². The second-order valence-corrected chi connectivity index (χ2v) is 4.67. The summed E-state index contributed by atoms with van der Waals surface area (Å²) in [6.45, 7) is 0. The van der Waals surface area contributed by atoms with Crippen LogP contribution in [0.3, 0.4) is 0 Å². The Morgan fingerprint density at radius 3 is 2.82 bits per heavy atom. The van der Waals surface area contributed by atoms with Crippen molar-refractivity contribution in [3.05, 3.63) is 28.8 Å². The van der Waals surface area contributed by atoms with E-state index in [1.807, 2.05) is 0 Å². The number of nitrogens with two attached hydrogens (primary N) is 1. The van der Waals surface area contributed by atoms with Crippen molar-refractivity contribution < 1.29 is 9.53 Å². The molecule has 0 aliphatic heterocycles. The highest BCUT2D eigenvalue weighted by Gasteiger charge is 2.30. The van der Waals surface area contributed by atoms with Gasteiger partial charge in [0.15, 0.2) is 0 Å². The number of carbonyl (C=O) groups excluding carboxylic acids is 1. The highest BCUT2D eigenvalue weighted by molar-refractivity contribution is 6.31. The smallest absolute Gasteiger partial charge is 0.253 e. The molecule has 92 valence electrons. The first-order valence-corrected chi connectivity index (χ1v) is 5.86. The molecule has 1 amide bonds. The number of nitrogens with one attached hydrogen (secondary N) is 1. The predicted molar refractivity (Wildman–Crippen MR) is 67.1 cm³/mol. The van der Waals surface area contributed by atoms with E-state index in [-0.39, 0.29) is 18.1 Å². The van der Waals surface area contributed by atoms with Gasteiger partial charge in [0.1, 0.15) is 0 Å². The number of methoxy groups -OCH3 is 1. The summed E-state index contributed by atoms with van der Waals surface area (Å²) in [7, 11) is 1.68. The molecule has 17 heavy (non-hydrogen) atoms. The Morgan fingerprint density at radius 2 is 2.24 bits per heavy atom. The fourth-order valence-corrected chi connectivity index (χ4v) is 2.06. The Hall–Kier alpha value is -1.26. The minimum atomic E-state index is -0.154. The van der Waals surface area contributed by atoms with Crippen molar-refractivity contribution in [3.63, 3.8) is 0 Å². The molecule has 0 radical (unpaired) electrons. The monoisotopic (exact) mass is 254 g/mol. The van der Waals surface area contributed by atoms with Crippen LogP contribution in [0, 0.1) is 0 Å². The molecule has 1 aliphatic carbocycles. The van der Waals surface area contributed by atoms with Crippen LogP contribution in [-0.4, -0.2) is 25.2 Å². The zero-order valence-corrected chi connectivity index (χ0v) is 10.3. The normalized spacial score (nSPS) is 22.9. The third kappa shape index (κ3) is 2.70. The van der Waals surface area contributed by atoms with Crippen LogP contribution in [0.2, 0.25) is 5.02 Å². The lowest BCUT2D eigenvalue weighted by atomic mass is 9.89. The number of rotatable bonds is 3. The van der Waals surface area contributed by atoms with Crippen LogP contribution < -0.4 is 11.1 Å². The first-order valence-electron chi connectivity index (χ1n) is 5.49. The highest BCUT2D eigenvalue weighted by Crippen LogP contribution is 2.24. The Labute approximate surface area is 105 Å². The van der Waals surface area contributed by atoms with E-state index in [9.17, 15) is 4.79 Å². The fraction of sp³-hybridized carbons (Fsp3) is 0.417. The molecule has 0 saturated heterocycles. The van der Waals surface area contributed by atoms with E-state index in [2.05, 4.69) is 5.32 Å². The van der Waals surface area contributed by atoms with Crippen molar-refractivity contribution in [2.24, 2.45) is 0 Å². The van der Waals surface area contributed by atoms with Gasteiger partial charge in [0.05, 0.1) is 11.7 Å². The maximum absolute atomic E-state index is 11.9. The van der Waals surface area contributed by atoms with Gasteiger partial charge in [-0.3, -0.25) is 4.79 Å². The van der Waals surface area contributed by atoms with Crippen molar-refractivity contribution in [1.29, 1.82) is 0 Å². The number of halogens is 1. The Morgan fingerprint density at radius 1 is 1.53 bits per heavy atom. The van der Waals surface area contributed by atoms with Gasteiger partial charge in [0.2, 0.25) is 0 Å². The lowest BCUT2D eigenvalue weighted by Crippen LogP contribution is -2.47. The third-order valence-corrected chi connectivity index (χ3v) is 3.26. The zero-order valence-electron chi connectivity index (χ0n) is 9.57. The molecule has 0 bridgehead atoms. The fourth-order valence-electron chi connectivity index (χ4n) is 1.88. The summed E-state index contributed by atoms with van der Waals surface area (Å²) in [6, 6.07) is 5.06. The van der Waals surface area contributed by atoms with Gasteiger partial charge in [-0.2, -0.15) is 0 Å². The summed E-state index contributed by atoms with van der Waals surface area (Å²) in [5, 5.41) is 3.44. The molecule has 1 aliphatic rings. The zero-order chi connectivity index (χ0) is 12.4. The Bertz CT molecular complexity index is 431. The van der Waals surface area contributed by atoms with Crippen LogP contribution in [-0.2, 0) is 4.74 Å². The summed E-state index contributed by atoms with van der Waals surface area (Å²) >= 11 is 5.78. The van der Waals surface area contributed by atoms with E-state index in [0.717, 1.165) is 12.8 Å². The molecule has 1 aromatic carbocycles. The number of carbonyl (C=O) groups is 1. The standard InChI is InChI=1S/C12H15ClN2O2/c1-17-9-5-8(6-9)15-12(16)10-3-2-7(13)4-11(10)14/h2-4,8-9H,5-6,14H2,1H3,(H,15,16). The number of nitrogen functional groups attached to an aromatic ring is 1. The Balaban J connectivity index is 1.96. The van der Waals surface area contributed by atoms with E-state index in [1.54, 1.807) is 25.3 Å². The van der Waals surface area contributed by atoms with Crippen molar-refractivity contribution in [1.82, 2.24) is 5.32 Å². The van der Waals surface area contributed by atoms with Crippen LogP contribution in [0.25, 0.3) is 0 Å². The van der Waals surface area contributed by atoms with Gasteiger partial charge in [-0.05, 0) is 31.0 Å². The average molecular weight is 255 g/mol. The van der Waals surface area contributed by atoms with Crippen LogP contribution in [0.15, 0.2) is 18.2 Å². The highest BCUT2D eigenvalue weighted by atomic mass is 35.5. The quantitative estimate of drug-likeness (QED) is 0.809. The van der Waals surface area contributed by atoms with Crippen LogP contribution in [0.1, 0.15) is 23.2 Å². The number of amides is 1. The Kier molecular flexibility index (Phi) is 3.54. The van der Waals surface area contributed by atoms with Crippen molar-refractivity contribution in [2.75, 3.05) is 12.8 Å². The molecule has 0 aromatic heterocycles. The summed E-state index contributed by atoms with van der Waals surface area (Å²) in [4.78, 5) is 11.9. The van der Waals surface area contributed by atoms with Crippen molar-refractivity contribution in [3.8, 4) is 0 Å². The van der Waals surface area contributed by atoms with E-state index < -0.39 is 0 Å². The molecule has 0 unspecified atom stereocenters. The lowest BCUT2D eigenvalue weighted by Gasteiger charge is -2.34. The molecular formula is C12H15ClN2O2. The van der Waals surface area contributed by atoms with Crippen LogP contribution in [0.5, 0.6) is 0 Å². The van der Waals surface area contributed by atoms with E-state index in [4.69, 9.17) is 22.1 Å². The van der Waals surface area contributed by atoms with Crippen molar-refractivity contribution >= 4 is 23.2 Å². The molecule has 1 saturated carbocycles. The molecule has 0 spiro atoms. The van der Waals surface area contributed by atoms with E-state index in [0.29, 0.717) is 16.3 Å². The van der Waals surface area contributed by atoms with Crippen molar-refractivity contribution in [2.45, 2.75) is 25.0 Å². The first-order chi connectivity index (χ1) is 8.10. The van der Waals surface area contributed by atoms with Gasteiger partial charge >= 0.3 is 0 Å². The van der Waals surface area contributed by atoms with E-state index in [1.165, 1.54) is 0 Å². The average Bonchev–Trinajstić information content (AvgIpc) is 2.22. The van der Waals surface area contributed by atoms with Crippen LogP contribution >= 0.6 is 11.6 Å². The van der Waals surface area contributed by atoms with E-state index >= 15 is 0 Å². The molecular weight excluding hydrogens is 240 g/mol. The summed E-state index contributed by atoms with van der Waals surface area (Å²) in [5.41, 5.74) is 6.61. The lowest BCUT2D eigenvalue weighted by molar-refractivity contribution is 0.0176. The number of hydrogen-bond acceptors (Lipinski definition) is 3. The van der Waals surface area contributed by atoms with Gasteiger partial charge in [0.25, 0.3) is 5.91 Å². The van der Waals surface area contributed by atoms with Gasteiger partial charge in [0, 0.05) is 23.9 Å². The molecule has 0 atom stereocenters. The second kappa shape index (κ2) is 4.94. The molecule has 3 N–H and O–H groups in total. The largest absolute Gasteiger partial charge is 0.398 e. The summed E-state index contributed by atoms with van der Waals surface area (Å²) < 4.78 is 5.15. The second-order valence-electron chi connectivity index (χ2n) is 4.23. The number of anilines is 1. The molecule has 1 aromatic rings. The maximum Gasteiger partial charge on any atom is 0.253 e. The minimum Gasteiger partial charge on any atom is -0.398 e. The molecule has 4 nitrogen and oxygen atoms in total. The number of benzene rings is 1. The predicted octanol–water partition coefficient (Wildman–Crippen LogP) is 1.83. The number of hydrogen-bond donors (Lipinski definition) is 2. The first kappa shape index (κ1) is 12.2. The molecule has 5 heteroatoms. The molecule has 1 fully saturated rings. The maximum atomic E-state index is 11.9. The molecule has 0 heterocycles. The molecule has 2 rings (SSSR count). The van der Waals surface area contributed by atoms with Crippen LogP contribution in [0.4, 0.5) is 5.69 Å². The van der Waals surface area contributed by atoms with Gasteiger partial charge in [-0.25, -0.2) is 0 Å². The third-order valence-electron chi connectivity index (χ3n) is 3.02.